The van der Waals surface area contributed by atoms with Gasteiger partial charge >= 0.3 is 0 Å². The first-order valence-electron chi connectivity index (χ1n) is 11.3. The Kier molecular flexibility index (Phi) is 4.11. The highest BCUT2D eigenvalue weighted by atomic mass is 16.4. The van der Waals surface area contributed by atoms with Crippen LogP contribution in [-0.4, -0.2) is 14.5 Å². The van der Waals surface area contributed by atoms with E-state index in [1.807, 2.05) is 18.2 Å². The topological polar surface area (TPSA) is 43.9 Å². The van der Waals surface area contributed by atoms with Gasteiger partial charge < -0.3 is 8.98 Å². The van der Waals surface area contributed by atoms with Crippen molar-refractivity contribution < 1.29 is 4.42 Å². The van der Waals surface area contributed by atoms with Crippen molar-refractivity contribution in [3.63, 3.8) is 0 Å². The van der Waals surface area contributed by atoms with Crippen LogP contribution in [0.2, 0.25) is 0 Å². The maximum absolute atomic E-state index is 6.06. The lowest BCUT2D eigenvalue weighted by atomic mass is 9.98. The lowest BCUT2D eigenvalue weighted by Gasteiger charge is -2.13. The van der Waals surface area contributed by atoms with E-state index in [9.17, 15) is 0 Å². The largest absolute Gasteiger partial charge is 0.418 e. The molecule has 34 heavy (non-hydrogen) atoms. The first kappa shape index (κ1) is 18.8. The molecule has 4 aromatic carbocycles. The first-order valence-corrected chi connectivity index (χ1v) is 11.3. The third-order valence-corrected chi connectivity index (χ3v) is 6.32. The third kappa shape index (κ3) is 2.86. The number of benzene rings is 4. The summed E-state index contributed by atoms with van der Waals surface area (Å²) >= 11 is 0. The summed E-state index contributed by atoms with van der Waals surface area (Å²) < 4.78 is 8.39. The molecule has 0 saturated heterocycles. The lowest BCUT2D eigenvalue weighted by Crippen LogP contribution is -1.96. The number of para-hydroxylation sites is 2. The highest BCUT2D eigenvalue weighted by Crippen LogP contribution is 2.37. The Morgan fingerprint density at radius 2 is 1.32 bits per heavy atom. The van der Waals surface area contributed by atoms with Crippen LogP contribution in [0.5, 0.6) is 0 Å². The second-order valence-corrected chi connectivity index (χ2v) is 8.31. The van der Waals surface area contributed by atoms with E-state index in [2.05, 4.69) is 101 Å². The zero-order valence-electron chi connectivity index (χ0n) is 18.2. The van der Waals surface area contributed by atoms with Crippen LogP contribution in [0, 0.1) is 0 Å². The van der Waals surface area contributed by atoms with Crippen LogP contribution in [0.1, 0.15) is 0 Å². The fourth-order valence-corrected chi connectivity index (χ4v) is 4.80. The predicted octanol–water partition coefficient (Wildman–Crippen LogP) is 7.65. The molecule has 7 aromatic rings. The van der Waals surface area contributed by atoms with Crippen molar-refractivity contribution in [2.24, 2.45) is 0 Å². The number of oxazole rings is 1. The Hall–Kier alpha value is -4.70. The molecule has 0 radical (unpaired) electrons. The zero-order chi connectivity index (χ0) is 22.5. The van der Waals surface area contributed by atoms with Gasteiger partial charge in [-0.2, -0.15) is 0 Å². The van der Waals surface area contributed by atoms with E-state index in [0.29, 0.717) is 11.6 Å². The molecule has 0 bridgehead atoms. The van der Waals surface area contributed by atoms with Gasteiger partial charge in [0.25, 0.3) is 0 Å². The van der Waals surface area contributed by atoms with Crippen LogP contribution in [0.25, 0.3) is 61.3 Å². The second-order valence-electron chi connectivity index (χ2n) is 8.31. The third-order valence-electron chi connectivity index (χ3n) is 6.32. The molecule has 0 aliphatic heterocycles. The standard InChI is InChI=1S/C30H19N3O/c1-2-9-20(10-3-1)25-19-21(16-17-24(25)29-32-26-13-8-18-31-30(26)34-29)33-27-14-6-4-11-22(27)23-12-5-7-15-28(23)33/h1-19H. The minimum Gasteiger partial charge on any atom is -0.418 e. The van der Waals surface area contributed by atoms with E-state index in [-0.39, 0.29) is 0 Å². The minimum atomic E-state index is 0.544. The van der Waals surface area contributed by atoms with E-state index in [1.165, 1.54) is 21.8 Å². The number of fused-ring (bicyclic) bond motifs is 4. The minimum absolute atomic E-state index is 0.544. The van der Waals surface area contributed by atoms with Crippen molar-refractivity contribution in [3.05, 3.63) is 115 Å². The van der Waals surface area contributed by atoms with Crippen molar-refractivity contribution >= 4 is 33.0 Å². The van der Waals surface area contributed by atoms with Gasteiger partial charge in [-0.05, 0) is 53.6 Å². The fraction of sp³-hybridized carbons (Fsp3) is 0. The van der Waals surface area contributed by atoms with E-state index >= 15 is 0 Å². The molecule has 3 aromatic heterocycles. The molecule has 7 rings (SSSR count). The van der Waals surface area contributed by atoms with Crippen molar-refractivity contribution in [1.82, 2.24) is 14.5 Å². The predicted molar refractivity (Wildman–Crippen MR) is 137 cm³/mol. The smallest absolute Gasteiger partial charge is 0.247 e. The Labute approximate surface area is 195 Å². The summed E-state index contributed by atoms with van der Waals surface area (Å²) in [4.78, 5) is 9.05. The van der Waals surface area contributed by atoms with Gasteiger partial charge in [-0.3, -0.25) is 0 Å². The van der Waals surface area contributed by atoms with E-state index < -0.39 is 0 Å². The van der Waals surface area contributed by atoms with Gasteiger partial charge in [-0.1, -0.05) is 66.7 Å². The highest BCUT2D eigenvalue weighted by Gasteiger charge is 2.17. The molecule has 4 nitrogen and oxygen atoms in total. The van der Waals surface area contributed by atoms with Gasteiger partial charge in [0.05, 0.1) is 11.0 Å². The zero-order valence-corrected chi connectivity index (χ0v) is 18.2. The number of aromatic nitrogens is 3. The monoisotopic (exact) mass is 437 g/mol. The Morgan fingerprint density at radius 3 is 2.06 bits per heavy atom. The molecular weight excluding hydrogens is 418 g/mol. The van der Waals surface area contributed by atoms with E-state index in [4.69, 9.17) is 9.40 Å². The van der Waals surface area contributed by atoms with Gasteiger partial charge in [0.2, 0.25) is 11.6 Å². The molecule has 160 valence electrons. The molecule has 0 atom stereocenters. The number of hydrogen-bond acceptors (Lipinski definition) is 3. The average molecular weight is 438 g/mol. The maximum Gasteiger partial charge on any atom is 0.247 e. The summed E-state index contributed by atoms with van der Waals surface area (Å²) in [6.45, 7) is 0. The van der Waals surface area contributed by atoms with Crippen LogP contribution in [-0.2, 0) is 0 Å². The van der Waals surface area contributed by atoms with Crippen LogP contribution in [0.15, 0.2) is 120 Å². The molecule has 4 heteroatoms. The maximum atomic E-state index is 6.06. The summed E-state index contributed by atoms with van der Waals surface area (Å²) in [5.41, 5.74) is 7.86. The van der Waals surface area contributed by atoms with Gasteiger partial charge in [0, 0.05) is 28.2 Å². The number of pyridine rings is 1. The molecule has 3 heterocycles. The van der Waals surface area contributed by atoms with Gasteiger partial charge in [-0.25, -0.2) is 9.97 Å². The SMILES string of the molecule is c1ccc(-c2cc(-n3c4ccccc4c4ccccc43)ccc2-c2nc3cccnc3o2)cc1. The Balaban J connectivity index is 1.52. The Morgan fingerprint density at radius 1 is 0.618 bits per heavy atom. The number of rotatable bonds is 3. The Bertz CT molecular complexity index is 1730. The van der Waals surface area contributed by atoms with Crippen LogP contribution >= 0.6 is 0 Å². The van der Waals surface area contributed by atoms with E-state index in [1.54, 1.807) is 6.20 Å². The van der Waals surface area contributed by atoms with Gasteiger partial charge in [0.1, 0.15) is 5.52 Å². The summed E-state index contributed by atoms with van der Waals surface area (Å²) in [5, 5.41) is 2.49. The van der Waals surface area contributed by atoms with Crippen molar-refractivity contribution in [1.29, 1.82) is 0 Å². The number of nitrogens with zero attached hydrogens (tertiary/aromatic N) is 3. The molecule has 0 spiro atoms. The van der Waals surface area contributed by atoms with Crippen LogP contribution in [0.3, 0.4) is 0 Å². The summed E-state index contributed by atoms with van der Waals surface area (Å²) in [5.74, 6) is 0.571. The fourth-order valence-electron chi connectivity index (χ4n) is 4.80. The van der Waals surface area contributed by atoms with Gasteiger partial charge in [-0.15, -0.1) is 0 Å². The summed E-state index contributed by atoms with van der Waals surface area (Å²) in [6.07, 6.45) is 1.72. The van der Waals surface area contributed by atoms with Crippen LogP contribution in [0.4, 0.5) is 0 Å². The lowest BCUT2D eigenvalue weighted by molar-refractivity contribution is 0.608. The molecule has 0 aliphatic rings. The second kappa shape index (κ2) is 7.42. The summed E-state index contributed by atoms with van der Waals surface area (Å²) in [7, 11) is 0. The highest BCUT2D eigenvalue weighted by molar-refractivity contribution is 6.09. The summed E-state index contributed by atoms with van der Waals surface area (Å²) in [6, 6.07) is 37.8. The molecular formula is C30H19N3O. The van der Waals surface area contributed by atoms with Crippen molar-refractivity contribution in [3.8, 4) is 28.3 Å². The molecule has 0 unspecified atom stereocenters. The van der Waals surface area contributed by atoms with E-state index in [0.717, 1.165) is 27.9 Å². The van der Waals surface area contributed by atoms with Crippen molar-refractivity contribution in [2.45, 2.75) is 0 Å². The average Bonchev–Trinajstić information content (AvgIpc) is 3.48. The molecule has 0 aliphatic carbocycles. The number of hydrogen-bond donors (Lipinski definition) is 0. The molecule has 0 N–H and O–H groups in total. The first-order chi connectivity index (χ1) is 16.9. The van der Waals surface area contributed by atoms with Crippen LogP contribution < -0.4 is 0 Å². The molecule has 0 amide bonds. The van der Waals surface area contributed by atoms with Crippen molar-refractivity contribution in [2.75, 3.05) is 0 Å². The molecule has 0 fully saturated rings. The molecule has 0 saturated carbocycles. The quantitative estimate of drug-likeness (QED) is 0.285. The normalized spacial score (nSPS) is 11.5. The van der Waals surface area contributed by atoms with Gasteiger partial charge in [0.15, 0.2) is 0 Å².